The van der Waals surface area contributed by atoms with Crippen LogP contribution in [0, 0.1) is 0 Å². The van der Waals surface area contributed by atoms with Crippen molar-refractivity contribution >= 4 is 32.3 Å². The first-order valence-corrected chi connectivity index (χ1v) is 29.6. The van der Waals surface area contributed by atoms with Crippen molar-refractivity contribution in [3.63, 3.8) is 0 Å². The van der Waals surface area contributed by atoms with E-state index in [4.69, 9.17) is 0 Å². The van der Waals surface area contributed by atoms with Crippen molar-refractivity contribution in [2.45, 2.75) is 5.41 Å². The standard InChI is InChI=1S/C85H54/c1-5-21-55(22-6-1)64-47-65(56-23-7-2-8-24-56)50-68(49-64)60-39-37-59(38-40-60)63-45-46-73-72-31-17-19-35-79(72)85(81(73)53-63)80-36-20-18-34-76(80)82-75-33-16-14-30-71(75)78-54-77(70-29-13-15-32-74(70)83(78)84(82)85)62-43-41-61(42-44-62)69-51-66(57-25-9-3-10-26-57)48-67(52-69)58-27-11-4-12-28-58/h1-54H. The van der Waals surface area contributed by atoms with Gasteiger partial charge in [0.15, 0.2) is 0 Å². The second kappa shape index (κ2) is 19.6. The predicted octanol–water partition coefficient (Wildman–Crippen LogP) is 22.8. The van der Waals surface area contributed by atoms with Crippen LogP contribution in [-0.2, 0) is 5.41 Å². The van der Waals surface area contributed by atoms with Crippen LogP contribution in [0.15, 0.2) is 328 Å². The summed E-state index contributed by atoms with van der Waals surface area (Å²) in [5, 5.41) is 7.64. The maximum absolute atomic E-state index is 2.54. The van der Waals surface area contributed by atoms with Crippen LogP contribution in [0.5, 0.6) is 0 Å². The van der Waals surface area contributed by atoms with Gasteiger partial charge < -0.3 is 0 Å². The smallest absolute Gasteiger partial charge is 0.0622 e. The number of fused-ring (bicyclic) bond motifs is 17. The van der Waals surface area contributed by atoms with Crippen LogP contribution in [0.2, 0.25) is 0 Å². The maximum atomic E-state index is 2.54. The molecule has 0 aliphatic heterocycles. The normalized spacial score (nSPS) is 13.7. The van der Waals surface area contributed by atoms with Crippen LogP contribution >= 0.6 is 0 Å². The van der Waals surface area contributed by atoms with Gasteiger partial charge in [-0.1, -0.05) is 279 Å². The second-order valence-electron chi connectivity index (χ2n) is 23.0. The summed E-state index contributed by atoms with van der Waals surface area (Å²) in [5.74, 6) is 0. The highest BCUT2D eigenvalue weighted by molar-refractivity contribution is 6.28. The topological polar surface area (TPSA) is 0 Å². The number of benzene rings is 15. The molecular formula is C85H54. The molecule has 15 aromatic carbocycles. The van der Waals surface area contributed by atoms with E-state index in [-0.39, 0.29) is 0 Å². The Balaban J connectivity index is 0.842. The van der Waals surface area contributed by atoms with Crippen LogP contribution in [0.4, 0.5) is 0 Å². The Kier molecular flexibility index (Phi) is 11.3. The van der Waals surface area contributed by atoms with Crippen molar-refractivity contribution in [1.82, 2.24) is 0 Å². The monoisotopic (exact) mass is 1070 g/mol. The zero-order valence-electron chi connectivity index (χ0n) is 46.7. The van der Waals surface area contributed by atoms with E-state index in [2.05, 4.69) is 328 Å². The van der Waals surface area contributed by atoms with Crippen molar-refractivity contribution in [3.05, 3.63) is 350 Å². The van der Waals surface area contributed by atoms with Crippen LogP contribution in [-0.4, -0.2) is 0 Å². The first-order chi connectivity index (χ1) is 42.1. The Bertz CT molecular complexity index is 5000. The van der Waals surface area contributed by atoms with E-state index in [1.807, 2.05) is 0 Å². The van der Waals surface area contributed by atoms with Crippen LogP contribution in [0.25, 0.3) is 144 Å². The van der Waals surface area contributed by atoms with E-state index in [0.29, 0.717) is 0 Å². The molecule has 0 saturated carbocycles. The largest absolute Gasteiger partial charge is 0.0732 e. The molecule has 1 unspecified atom stereocenters. The van der Waals surface area contributed by atoms with Crippen LogP contribution < -0.4 is 0 Å². The van der Waals surface area contributed by atoms with Crippen molar-refractivity contribution in [2.24, 2.45) is 0 Å². The number of hydrogen-bond acceptors (Lipinski definition) is 0. The Morgan fingerprint density at radius 2 is 0.506 bits per heavy atom. The van der Waals surface area contributed by atoms with Gasteiger partial charge in [-0.15, -0.1) is 0 Å². The lowest BCUT2D eigenvalue weighted by Crippen LogP contribution is -2.26. The highest BCUT2D eigenvalue weighted by Gasteiger charge is 2.53. The van der Waals surface area contributed by atoms with Gasteiger partial charge in [-0.2, -0.15) is 0 Å². The minimum Gasteiger partial charge on any atom is -0.0622 e. The molecule has 0 fully saturated rings. The zero-order valence-corrected chi connectivity index (χ0v) is 46.7. The Morgan fingerprint density at radius 3 is 1.00 bits per heavy atom. The molecule has 0 heteroatoms. The molecule has 0 bridgehead atoms. The SMILES string of the molecule is c1ccc(-c2cc(-c3ccccc3)cc(-c3ccc(-c4ccc5c(c4)C4(c6ccccc6-5)c5ccccc5-c5c4c4c6ccccc6c(-c6ccc(-c7cc(-c8ccccc8)cc(-c8ccccc8)c7)cc6)cc4c4ccccc54)cc3)c2)cc1. The van der Waals surface area contributed by atoms with Gasteiger partial charge in [-0.05, 0) is 214 Å². The molecule has 1 atom stereocenters. The van der Waals surface area contributed by atoms with Gasteiger partial charge in [0.2, 0.25) is 0 Å². The summed E-state index contributed by atoms with van der Waals surface area (Å²) in [4.78, 5) is 0. The molecule has 15 aromatic rings. The predicted molar refractivity (Wildman–Crippen MR) is 359 cm³/mol. The summed E-state index contributed by atoms with van der Waals surface area (Å²) in [6, 6.07) is 122. The summed E-state index contributed by atoms with van der Waals surface area (Å²) >= 11 is 0. The first-order valence-electron chi connectivity index (χ1n) is 29.6. The molecule has 0 heterocycles. The highest BCUT2D eigenvalue weighted by Crippen LogP contribution is 2.66. The fraction of sp³-hybridized carbons (Fsp3) is 0.0118. The lowest BCUT2D eigenvalue weighted by molar-refractivity contribution is 0.802. The summed E-state index contributed by atoms with van der Waals surface area (Å²) in [6.07, 6.45) is 0. The summed E-state index contributed by atoms with van der Waals surface area (Å²) in [7, 11) is 0. The Hall–Kier alpha value is -10.9. The third-order valence-electron chi connectivity index (χ3n) is 18.4. The Labute approximate surface area is 495 Å². The maximum Gasteiger partial charge on any atom is 0.0732 e. The lowest BCUT2D eigenvalue weighted by atomic mass is 9.68. The highest BCUT2D eigenvalue weighted by atomic mass is 14.5. The molecule has 0 aromatic heterocycles. The van der Waals surface area contributed by atoms with Gasteiger partial charge in [0.25, 0.3) is 0 Å². The van der Waals surface area contributed by atoms with E-state index in [9.17, 15) is 0 Å². The Morgan fingerprint density at radius 1 is 0.165 bits per heavy atom. The van der Waals surface area contributed by atoms with E-state index in [1.165, 1.54) is 166 Å². The molecule has 0 amide bonds. The molecule has 2 aliphatic rings. The molecule has 85 heavy (non-hydrogen) atoms. The van der Waals surface area contributed by atoms with E-state index in [0.717, 1.165) is 0 Å². The third kappa shape index (κ3) is 7.76. The molecule has 0 nitrogen and oxygen atoms in total. The van der Waals surface area contributed by atoms with Gasteiger partial charge in [-0.3, -0.25) is 0 Å². The molecule has 0 radical (unpaired) electrons. The van der Waals surface area contributed by atoms with Gasteiger partial charge in [-0.25, -0.2) is 0 Å². The van der Waals surface area contributed by atoms with Crippen molar-refractivity contribution < 1.29 is 0 Å². The van der Waals surface area contributed by atoms with E-state index in [1.54, 1.807) is 0 Å². The average molecular weight is 1080 g/mol. The molecule has 2 aliphatic carbocycles. The molecule has 0 saturated heterocycles. The first kappa shape index (κ1) is 48.8. The molecular weight excluding hydrogens is 1020 g/mol. The summed E-state index contributed by atoms with van der Waals surface area (Å²) in [6.45, 7) is 0. The fourth-order valence-corrected chi connectivity index (χ4v) is 14.6. The number of hydrogen-bond donors (Lipinski definition) is 0. The van der Waals surface area contributed by atoms with Gasteiger partial charge in [0.1, 0.15) is 0 Å². The molecule has 0 N–H and O–H groups in total. The van der Waals surface area contributed by atoms with Crippen molar-refractivity contribution in [2.75, 3.05) is 0 Å². The van der Waals surface area contributed by atoms with Crippen molar-refractivity contribution in [1.29, 1.82) is 0 Å². The minimum absolute atomic E-state index is 0.610. The van der Waals surface area contributed by atoms with E-state index >= 15 is 0 Å². The minimum atomic E-state index is -0.610. The van der Waals surface area contributed by atoms with Crippen LogP contribution in [0.1, 0.15) is 22.3 Å². The van der Waals surface area contributed by atoms with Crippen LogP contribution in [0.3, 0.4) is 0 Å². The van der Waals surface area contributed by atoms with Gasteiger partial charge in [0, 0.05) is 0 Å². The summed E-state index contributed by atoms with van der Waals surface area (Å²) in [5.41, 5.74) is 29.2. The van der Waals surface area contributed by atoms with E-state index < -0.39 is 5.41 Å². The van der Waals surface area contributed by atoms with Gasteiger partial charge >= 0.3 is 0 Å². The lowest BCUT2D eigenvalue weighted by Gasteiger charge is -2.32. The molecule has 1 spiro atoms. The molecule has 394 valence electrons. The second-order valence-corrected chi connectivity index (χ2v) is 23.0. The number of rotatable bonds is 8. The third-order valence-corrected chi connectivity index (χ3v) is 18.4. The zero-order chi connectivity index (χ0) is 56.0. The average Bonchev–Trinajstić information content (AvgIpc) is 1.74. The summed E-state index contributed by atoms with van der Waals surface area (Å²) < 4.78 is 0. The molecule has 17 rings (SSSR count). The van der Waals surface area contributed by atoms with Crippen molar-refractivity contribution in [3.8, 4) is 111 Å². The fourth-order valence-electron chi connectivity index (χ4n) is 14.6. The quantitative estimate of drug-likeness (QED) is 0.133. The van der Waals surface area contributed by atoms with Gasteiger partial charge in [0.05, 0.1) is 5.41 Å².